The third kappa shape index (κ3) is 6.86. The highest BCUT2D eigenvalue weighted by Crippen LogP contribution is 2.09. The van der Waals surface area contributed by atoms with E-state index in [2.05, 4.69) is 16.7 Å². The molecule has 1 aromatic rings. The van der Waals surface area contributed by atoms with Gasteiger partial charge in [-0.3, -0.25) is 9.59 Å². The van der Waals surface area contributed by atoms with Crippen LogP contribution in [0.2, 0.25) is 0 Å². The molecule has 0 aliphatic heterocycles. The topological polar surface area (TPSA) is 86.4 Å². The Morgan fingerprint density at radius 3 is 2.41 bits per heavy atom. The van der Waals surface area contributed by atoms with Gasteiger partial charge in [-0.05, 0) is 24.1 Å². The van der Waals surface area contributed by atoms with E-state index in [0.29, 0.717) is 18.7 Å². The highest BCUT2D eigenvalue weighted by Gasteiger charge is 2.13. The van der Waals surface area contributed by atoms with Crippen LogP contribution in [0.1, 0.15) is 18.9 Å². The Bertz CT molecular complexity index is 534. The molecule has 0 saturated heterocycles. The minimum atomic E-state index is -0.145. The number of hydrogen-bond acceptors (Lipinski definition) is 3. The smallest absolute Gasteiger partial charge is 0.279 e. The van der Waals surface area contributed by atoms with Crippen molar-refractivity contribution in [2.75, 3.05) is 32.0 Å². The molecule has 0 aliphatic rings. The second-order valence-electron chi connectivity index (χ2n) is 5.24. The van der Waals surface area contributed by atoms with Crippen molar-refractivity contribution < 1.29 is 14.5 Å². The molecule has 118 valence electrons. The van der Waals surface area contributed by atoms with Gasteiger partial charge in [-0.1, -0.05) is 19.1 Å². The number of carbonyl (C=O) groups excluding carboxylic acids is 2. The van der Waals surface area contributed by atoms with Crippen molar-refractivity contribution in [3.63, 3.8) is 0 Å². The Morgan fingerprint density at radius 2 is 1.82 bits per heavy atom. The molecular weight excluding hydrogens is 280 g/mol. The molecule has 0 bridgehead atoms. The lowest BCUT2D eigenvalue weighted by atomic mass is 10.1. The van der Waals surface area contributed by atoms with Crippen LogP contribution in [0.3, 0.4) is 0 Å². The van der Waals surface area contributed by atoms with Crippen LogP contribution in [-0.2, 0) is 16.0 Å². The standard InChI is InChI=1S/C16H22N4O2/c1-3-10-18-15(21)11-20(2)12-16(22)19-14-6-4-13(5-7-14)8-9-17/h4-7H,3,8,10-12H2,1-2H3,(H,18,21)(H,19,22)/p+1. The van der Waals surface area contributed by atoms with Gasteiger partial charge in [-0.25, -0.2) is 0 Å². The second-order valence-corrected chi connectivity index (χ2v) is 5.24. The van der Waals surface area contributed by atoms with E-state index < -0.39 is 0 Å². The summed E-state index contributed by atoms with van der Waals surface area (Å²) in [4.78, 5) is 24.3. The summed E-state index contributed by atoms with van der Waals surface area (Å²) in [5.41, 5.74) is 1.60. The van der Waals surface area contributed by atoms with Crippen molar-refractivity contribution >= 4 is 17.5 Å². The molecule has 0 aromatic heterocycles. The average molecular weight is 303 g/mol. The second kappa shape index (κ2) is 9.53. The number of nitrogens with one attached hydrogen (secondary N) is 3. The summed E-state index contributed by atoms with van der Waals surface area (Å²) in [6.07, 6.45) is 1.25. The number of nitriles is 1. The quantitative estimate of drug-likeness (QED) is 0.618. The van der Waals surface area contributed by atoms with E-state index in [4.69, 9.17) is 5.26 Å². The van der Waals surface area contributed by atoms with E-state index in [1.807, 2.05) is 19.1 Å². The van der Waals surface area contributed by atoms with Crippen molar-refractivity contribution in [2.24, 2.45) is 0 Å². The Balaban J connectivity index is 2.38. The van der Waals surface area contributed by atoms with E-state index in [1.165, 1.54) is 0 Å². The number of hydrogen-bond donors (Lipinski definition) is 3. The minimum Gasteiger partial charge on any atom is -0.351 e. The summed E-state index contributed by atoms with van der Waals surface area (Å²) in [6.45, 7) is 3.15. The SMILES string of the molecule is CCCNC(=O)C[NH+](C)CC(=O)Nc1ccc(CC#N)cc1. The molecule has 6 heteroatoms. The van der Waals surface area contributed by atoms with Crippen molar-refractivity contribution in [2.45, 2.75) is 19.8 Å². The summed E-state index contributed by atoms with van der Waals surface area (Å²) < 4.78 is 0. The van der Waals surface area contributed by atoms with E-state index in [1.54, 1.807) is 19.2 Å². The largest absolute Gasteiger partial charge is 0.351 e. The lowest BCUT2D eigenvalue weighted by Gasteiger charge is -2.13. The monoisotopic (exact) mass is 303 g/mol. The van der Waals surface area contributed by atoms with Crippen molar-refractivity contribution in [1.29, 1.82) is 5.26 Å². The summed E-state index contributed by atoms with van der Waals surface area (Å²) in [5, 5.41) is 14.2. The van der Waals surface area contributed by atoms with Gasteiger partial charge in [-0.2, -0.15) is 5.26 Å². The number of carbonyl (C=O) groups is 2. The molecule has 1 aromatic carbocycles. The molecule has 22 heavy (non-hydrogen) atoms. The number of amides is 2. The highest BCUT2D eigenvalue weighted by atomic mass is 16.2. The van der Waals surface area contributed by atoms with Crippen LogP contribution < -0.4 is 15.5 Å². The molecule has 3 N–H and O–H groups in total. The summed E-state index contributed by atoms with van der Waals surface area (Å²) in [5.74, 6) is -0.193. The lowest BCUT2D eigenvalue weighted by Crippen LogP contribution is -3.11. The first-order chi connectivity index (χ1) is 10.5. The molecule has 0 aliphatic carbocycles. The van der Waals surface area contributed by atoms with Gasteiger partial charge >= 0.3 is 0 Å². The first-order valence-electron chi connectivity index (χ1n) is 7.39. The van der Waals surface area contributed by atoms with Gasteiger partial charge in [0, 0.05) is 12.2 Å². The van der Waals surface area contributed by atoms with Crippen molar-refractivity contribution in [3.05, 3.63) is 29.8 Å². The first-order valence-corrected chi connectivity index (χ1v) is 7.39. The molecule has 2 amide bonds. The summed E-state index contributed by atoms with van der Waals surface area (Å²) >= 11 is 0. The van der Waals surface area contributed by atoms with E-state index >= 15 is 0 Å². The molecule has 0 spiro atoms. The van der Waals surface area contributed by atoms with Gasteiger partial charge in [0.25, 0.3) is 11.8 Å². The average Bonchev–Trinajstić information content (AvgIpc) is 2.47. The van der Waals surface area contributed by atoms with Gasteiger partial charge in [0.05, 0.1) is 19.5 Å². The molecule has 6 nitrogen and oxygen atoms in total. The maximum absolute atomic E-state index is 11.9. The van der Waals surface area contributed by atoms with Gasteiger partial charge in [-0.15, -0.1) is 0 Å². The van der Waals surface area contributed by atoms with Gasteiger partial charge in [0.1, 0.15) is 0 Å². The number of rotatable bonds is 8. The zero-order valence-corrected chi connectivity index (χ0v) is 13.1. The lowest BCUT2D eigenvalue weighted by molar-refractivity contribution is -0.862. The summed E-state index contributed by atoms with van der Waals surface area (Å²) in [6, 6.07) is 9.24. The third-order valence-corrected chi connectivity index (χ3v) is 3.02. The van der Waals surface area contributed by atoms with E-state index in [9.17, 15) is 9.59 Å². The van der Waals surface area contributed by atoms with Crippen LogP contribution >= 0.6 is 0 Å². The zero-order valence-electron chi connectivity index (χ0n) is 13.1. The number of quaternary nitrogens is 1. The number of likely N-dealkylation sites (N-methyl/N-ethyl adjacent to an activating group) is 1. The van der Waals surface area contributed by atoms with Crippen LogP contribution in [0.25, 0.3) is 0 Å². The third-order valence-electron chi connectivity index (χ3n) is 3.02. The fourth-order valence-corrected chi connectivity index (χ4v) is 1.94. The number of anilines is 1. The highest BCUT2D eigenvalue weighted by molar-refractivity contribution is 5.91. The minimum absolute atomic E-state index is 0.0481. The molecular formula is C16H23N4O2+. The Labute approximate surface area is 131 Å². The Kier molecular flexibility index (Phi) is 7.65. The first kappa shape index (κ1) is 17.7. The number of nitrogens with zero attached hydrogens (tertiary/aromatic N) is 1. The predicted octanol–water partition coefficient (Wildman–Crippen LogP) is -0.268. The molecule has 1 rings (SSSR count). The van der Waals surface area contributed by atoms with Crippen LogP contribution in [0.4, 0.5) is 5.69 Å². The van der Waals surface area contributed by atoms with Crippen molar-refractivity contribution in [3.8, 4) is 6.07 Å². The van der Waals surface area contributed by atoms with Crippen LogP contribution in [0.15, 0.2) is 24.3 Å². The van der Waals surface area contributed by atoms with Gasteiger partial charge in [0.2, 0.25) is 0 Å². The maximum atomic E-state index is 11.9. The number of benzene rings is 1. The normalized spacial score (nSPS) is 11.3. The molecule has 1 atom stereocenters. The van der Waals surface area contributed by atoms with Crippen LogP contribution in [0, 0.1) is 11.3 Å². The Morgan fingerprint density at radius 1 is 1.18 bits per heavy atom. The predicted molar refractivity (Wildman–Crippen MR) is 84.3 cm³/mol. The molecule has 0 radical (unpaired) electrons. The zero-order chi connectivity index (χ0) is 16.4. The maximum Gasteiger partial charge on any atom is 0.279 e. The Hall–Kier alpha value is -2.39. The van der Waals surface area contributed by atoms with Crippen LogP contribution in [0.5, 0.6) is 0 Å². The van der Waals surface area contributed by atoms with E-state index in [-0.39, 0.29) is 24.9 Å². The molecule has 1 unspecified atom stereocenters. The molecule has 0 heterocycles. The fourth-order valence-electron chi connectivity index (χ4n) is 1.94. The summed E-state index contributed by atoms with van der Waals surface area (Å²) in [7, 11) is 1.81. The fraction of sp³-hybridized carbons (Fsp3) is 0.438. The molecule has 0 saturated carbocycles. The van der Waals surface area contributed by atoms with E-state index in [0.717, 1.165) is 16.9 Å². The molecule has 0 fully saturated rings. The van der Waals surface area contributed by atoms with Crippen molar-refractivity contribution in [1.82, 2.24) is 5.32 Å². The van der Waals surface area contributed by atoms with Gasteiger partial charge in [0.15, 0.2) is 13.1 Å². The van der Waals surface area contributed by atoms with Crippen LogP contribution in [-0.4, -0.2) is 38.5 Å². The van der Waals surface area contributed by atoms with Gasteiger partial charge < -0.3 is 15.5 Å².